The van der Waals surface area contributed by atoms with Crippen molar-refractivity contribution in [3.63, 3.8) is 0 Å². The van der Waals surface area contributed by atoms with Gasteiger partial charge in [0.15, 0.2) is 0 Å². The van der Waals surface area contributed by atoms with E-state index >= 15 is 0 Å². The minimum atomic E-state index is -4.37. The van der Waals surface area contributed by atoms with E-state index in [9.17, 15) is 18.0 Å². The lowest BCUT2D eigenvalue weighted by molar-refractivity contribution is -0.144. The molecule has 2 heterocycles. The van der Waals surface area contributed by atoms with E-state index in [0.717, 1.165) is 12.3 Å². The van der Waals surface area contributed by atoms with Crippen LogP contribution in [0.3, 0.4) is 0 Å². The molecule has 0 saturated carbocycles. The third kappa shape index (κ3) is 4.33. The van der Waals surface area contributed by atoms with Crippen LogP contribution in [0.2, 0.25) is 0 Å². The van der Waals surface area contributed by atoms with Crippen molar-refractivity contribution >= 4 is 11.8 Å². The lowest BCUT2D eigenvalue weighted by Crippen LogP contribution is -2.48. The fraction of sp³-hybridized carbons (Fsp3) is 0.571. The van der Waals surface area contributed by atoms with Crippen molar-refractivity contribution in [1.82, 2.24) is 9.88 Å². The van der Waals surface area contributed by atoms with Gasteiger partial charge in [-0.15, -0.1) is 0 Å². The smallest absolute Gasteiger partial charge is 0.417 e. The number of ether oxygens (including phenoxy) is 1. The average molecular weight is 317 g/mol. The Hall–Kier alpha value is -1.83. The molecule has 5 nitrogen and oxygen atoms in total. The van der Waals surface area contributed by atoms with E-state index in [2.05, 4.69) is 4.98 Å². The predicted molar refractivity (Wildman–Crippen MR) is 74.5 cm³/mol. The Kier molecular flexibility index (Phi) is 5.23. The highest BCUT2D eigenvalue weighted by atomic mass is 19.4. The van der Waals surface area contributed by atoms with Crippen LogP contribution in [0.4, 0.5) is 19.0 Å². The van der Waals surface area contributed by atoms with Gasteiger partial charge < -0.3 is 9.64 Å². The number of carbonyl (C=O) groups excluding carboxylic acids is 1. The van der Waals surface area contributed by atoms with Crippen molar-refractivity contribution < 1.29 is 22.7 Å². The van der Waals surface area contributed by atoms with E-state index < -0.39 is 11.7 Å². The maximum Gasteiger partial charge on any atom is 0.417 e. The summed E-state index contributed by atoms with van der Waals surface area (Å²) in [5.41, 5.74) is -0.753. The number of aromatic nitrogens is 1. The monoisotopic (exact) mass is 317 g/mol. The van der Waals surface area contributed by atoms with Gasteiger partial charge >= 0.3 is 12.1 Å². The SMILES string of the molecule is CCOC(=O)CN1CCN(c2ccc(C(F)(F)F)cn2)CC1. The molecule has 1 aromatic heterocycles. The van der Waals surface area contributed by atoms with Gasteiger partial charge in [-0.2, -0.15) is 13.2 Å². The summed E-state index contributed by atoms with van der Waals surface area (Å²) in [4.78, 5) is 19.1. The van der Waals surface area contributed by atoms with Crippen LogP contribution in [0.1, 0.15) is 12.5 Å². The van der Waals surface area contributed by atoms with E-state index in [-0.39, 0.29) is 12.5 Å². The quantitative estimate of drug-likeness (QED) is 0.792. The molecule has 0 aliphatic carbocycles. The number of hydrogen-bond acceptors (Lipinski definition) is 5. The Morgan fingerprint density at radius 3 is 2.45 bits per heavy atom. The lowest BCUT2D eigenvalue weighted by Gasteiger charge is -2.34. The van der Waals surface area contributed by atoms with E-state index in [0.29, 0.717) is 38.6 Å². The molecule has 1 aliphatic heterocycles. The van der Waals surface area contributed by atoms with E-state index in [1.807, 2.05) is 9.80 Å². The van der Waals surface area contributed by atoms with Gasteiger partial charge in [0.05, 0.1) is 18.7 Å². The number of anilines is 1. The zero-order valence-corrected chi connectivity index (χ0v) is 12.3. The minimum Gasteiger partial charge on any atom is -0.465 e. The summed E-state index contributed by atoms with van der Waals surface area (Å²) in [5.74, 6) is 0.257. The van der Waals surface area contributed by atoms with Crippen LogP contribution < -0.4 is 4.90 Å². The third-order valence-electron chi connectivity index (χ3n) is 3.43. The zero-order valence-electron chi connectivity index (χ0n) is 12.3. The second-order valence-corrected chi connectivity index (χ2v) is 4.97. The van der Waals surface area contributed by atoms with Gasteiger partial charge in [0, 0.05) is 32.4 Å². The summed E-state index contributed by atoms with van der Waals surface area (Å²) in [6.07, 6.45) is -3.52. The number of halogens is 3. The molecule has 0 radical (unpaired) electrons. The van der Waals surface area contributed by atoms with Crippen molar-refractivity contribution in [1.29, 1.82) is 0 Å². The second kappa shape index (κ2) is 6.95. The first kappa shape index (κ1) is 16.5. The molecule has 0 bridgehead atoms. The topological polar surface area (TPSA) is 45.7 Å². The summed E-state index contributed by atoms with van der Waals surface area (Å²) in [6.45, 7) is 4.85. The summed E-state index contributed by atoms with van der Waals surface area (Å²) in [7, 11) is 0. The van der Waals surface area contributed by atoms with Crippen molar-refractivity contribution in [3.05, 3.63) is 23.9 Å². The molecule has 1 saturated heterocycles. The Balaban J connectivity index is 1.88. The maximum atomic E-state index is 12.5. The molecule has 0 spiro atoms. The molecule has 22 heavy (non-hydrogen) atoms. The summed E-state index contributed by atoms with van der Waals surface area (Å²) >= 11 is 0. The predicted octanol–water partition coefficient (Wildman–Crippen LogP) is 1.79. The Labute approximate surface area is 126 Å². The fourth-order valence-corrected chi connectivity index (χ4v) is 2.27. The minimum absolute atomic E-state index is 0.238. The molecule has 2 rings (SSSR count). The Morgan fingerprint density at radius 1 is 1.27 bits per heavy atom. The molecule has 0 aromatic carbocycles. The second-order valence-electron chi connectivity index (χ2n) is 4.97. The van der Waals surface area contributed by atoms with Gasteiger partial charge in [-0.1, -0.05) is 0 Å². The first-order valence-electron chi connectivity index (χ1n) is 7.06. The highest BCUT2D eigenvalue weighted by molar-refractivity contribution is 5.71. The van der Waals surface area contributed by atoms with Gasteiger partial charge in [0.25, 0.3) is 0 Å². The number of pyridine rings is 1. The number of carbonyl (C=O) groups is 1. The Bertz CT molecular complexity index is 497. The molecule has 0 atom stereocenters. The molecule has 0 amide bonds. The van der Waals surface area contributed by atoms with Crippen LogP contribution in [-0.2, 0) is 15.7 Å². The van der Waals surface area contributed by atoms with Gasteiger partial charge in [-0.05, 0) is 19.1 Å². The molecule has 1 fully saturated rings. The van der Waals surface area contributed by atoms with E-state index in [1.54, 1.807) is 6.92 Å². The van der Waals surface area contributed by atoms with E-state index in [1.165, 1.54) is 6.07 Å². The molecule has 0 unspecified atom stereocenters. The first-order chi connectivity index (χ1) is 10.4. The summed E-state index contributed by atoms with van der Waals surface area (Å²) in [6, 6.07) is 2.41. The van der Waals surface area contributed by atoms with Crippen LogP contribution in [0.25, 0.3) is 0 Å². The number of nitrogens with zero attached hydrogens (tertiary/aromatic N) is 3. The molecule has 0 N–H and O–H groups in total. The van der Waals surface area contributed by atoms with Crippen LogP contribution in [0.5, 0.6) is 0 Å². The zero-order chi connectivity index (χ0) is 16.2. The largest absolute Gasteiger partial charge is 0.465 e. The lowest BCUT2D eigenvalue weighted by atomic mass is 10.2. The number of esters is 1. The van der Waals surface area contributed by atoms with Crippen molar-refractivity contribution in [2.45, 2.75) is 13.1 Å². The highest BCUT2D eigenvalue weighted by Gasteiger charge is 2.31. The van der Waals surface area contributed by atoms with Crippen molar-refractivity contribution in [2.75, 3.05) is 44.2 Å². The molecule has 1 aromatic rings. The fourth-order valence-electron chi connectivity index (χ4n) is 2.27. The van der Waals surface area contributed by atoms with Gasteiger partial charge in [-0.3, -0.25) is 9.69 Å². The number of rotatable bonds is 4. The van der Waals surface area contributed by atoms with Crippen LogP contribution in [0, 0.1) is 0 Å². The molecular weight excluding hydrogens is 299 g/mol. The summed E-state index contributed by atoms with van der Waals surface area (Å²) < 4.78 is 42.4. The number of alkyl halides is 3. The summed E-state index contributed by atoms with van der Waals surface area (Å²) in [5, 5.41) is 0. The molecule has 1 aliphatic rings. The normalized spacial score (nSPS) is 16.6. The van der Waals surface area contributed by atoms with Crippen LogP contribution in [-0.4, -0.2) is 55.2 Å². The third-order valence-corrected chi connectivity index (χ3v) is 3.43. The first-order valence-corrected chi connectivity index (χ1v) is 7.06. The molecular formula is C14H18F3N3O2. The number of hydrogen-bond donors (Lipinski definition) is 0. The standard InChI is InChI=1S/C14H18F3N3O2/c1-2-22-13(21)10-19-5-7-20(8-6-19)12-4-3-11(9-18-12)14(15,16)17/h3-4,9H,2,5-8,10H2,1H3. The average Bonchev–Trinajstić information content (AvgIpc) is 2.47. The van der Waals surface area contributed by atoms with Gasteiger partial charge in [-0.25, -0.2) is 4.98 Å². The van der Waals surface area contributed by atoms with Crippen molar-refractivity contribution in [3.8, 4) is 0 Å². The Morgan fingerprint density at radius 2 is 1.95 bits per heavy atom. The number of piperazine rings is 1. The molecule has 122 valence electrons. The van der Waals surface area contributed by atoms with Gasteiger partial charge in [0.1, 0.15) is 5.82 Å². The maximum absolute atomic E-state index is 12.5. The van der Waals surface area contributed by atoms with Gasteiger partial charge in [0.2, 0.25) is 0 Å². The van der Waals surface area contributed by atoms with E-state index in [4.69, 9.17) is 4.74 Å². The highest BCUT2D eigenvalue weighted by Crippen LogP contribution is 2.29. The van der Waals surface area contributed by atoms with Crippen LogP contribution >= 0.6 is 0 Å². The molecule has 8 heteroatoms. The van der Waals surface area contributed by atoms with Crippen molar-refractivity contribution in [2.24, 2.45) is 0 Å². The van der Waals surface area contributed by atoms with Crippen LogP contribution in [0.15, 0.2) is 18.3 Å².